The standard InChI is InChI=1S/C13H16FN3OS2/c1-9-16-17-13(19-9)20-12-10(4-3-5-11(12)14)8-15-6-7-18-2/h3-5,15H,6-8H2,1-2H3. The quantitative estimate of drug-likeness (QED) is 0.797. The second-order valence-electron chi connectivity index (χ2n) is 4.09. The molecule has 0 saturated carbocycles. The summed E-state index contributed by atoms with van der Waals surface area (Å²) in [6, 6.07) is 5.10. The number of ether oxygens (including phenoxy) is 1. The summed E-state index contributed by atoms with van der Waals surface area (Å²) in [5.41, 5.74) is 0.916. The van der Waals surface area contributed by atoms with Gasteiger partial charge < -0.3 is 10.1 Å². The lowest BCUT2D eigenvalue weighted by atomic mass is 10.2. The van der Waals surface area contributed by atoms with E-state index in [4.69, 9.17) is 4.74 Å². The molecule has 20 heavy (non-hydrogen) atoms. The number of methoxy groups -OCH3 is 1. The maximum Gasteiger partial charge on any atom is 0.179 e. The molecule has 2 aromatic rings. The Morgan fingerprint density at radius 3 is 2.95 bits per heavy atom. The third-order valence-corrected chi connectivity index (χ3v) is 4.59. The highest BCUT2D eigenvalue weighted by Crippen LogP contribution is 2.34. The van der Waals surface area contributed by atoms with Gasteiger partial charge in [-0.15, -0.1) is 10.2 Å². The van der Waals surface area contributed by atoms with Gasteiger partial charge in [-0.1, -0.05) is 35.2 Å². The molecule has 0 fully saturated rings. The number of hydrogen-bond acceptors (Lipinski definition) is 6. The van der Waals surface area contributed by atoms with E-state index in [9.17, 15) is 4.39 Å². The SMILES string of the molecule is COCCNCc1cccc(F)c1Sc1nnc(C)s1. The summed E-state index contributed by atoms with van der Waals surface area (Å²) in [5, 5.41) is 12.1. The minimum absolute atomic E-state index is 0.228. The van der Waals surface area contributed by atoms with E-state index in [1.54, 1.807) is 13.2 Å². The van der Waals surface area contributed by atoms with Gasteiger partial charge in [0.25, 0.3) is 0 Å². The van der Waals surface area contributed by atoms with E-state index in [2.05, 4.69) is 15.5 Å². The Morgan fingerprint density at radius 2 is 2.25 bits per heavy atom. The van der Waals surface area contributed by atoms with Crippen molar-refractivity contribution in [1.82, 2.24) is 15.5 Å². The monoisotopic (exact) mass is 313 g/mol. The summed E-state index contributed by atoms with van der Waals surface area (Å²) in [4.78, 5) is 0.605. The molecule has 0 radical (unpaired) electrons. The van der Waals surface area contributed by atoms with Crippen LogP contribution in [0.3, 0.4) is 0 Å². The second-order valence-corrected chi connectivity index (χ2v) is 6.53. The van der Waals surface area contributed by atoms with E-state index >= 15 is 0 Å². The Balaban J connectivity index is 2.09. The molecule has 1 aromatic heterocycles. The largest absolute Gasteiger partial charge is 0.383 e. The molecule has 108 valence electrons. The lowest BCUT2D eigenvalue weighted by Crippen LogP contribution is -2.19. The van der Waals surface area contributed by atoms with Crippen molar-refractivity contribution in [1.29, 1.82) is 0 Å². The summed E-state index contributed by atoms with van der Waals surface area (Å²) in [5.74, 6) is -0.228. The highest BCUT2D eigenvalue weighted by atomic mass is 32.2. The van der Waals surface area contributed by atoms with E-state index in [-0.39, 0.29) is 5.82 Å². The third kappa shape index (κ3) is 4.24. The topological polar surface area (TPSA) is 47.0 Å². The van der Waals surface area contributed by atoms with Gasteiger partial charge in [-0.25, -0.2) is 4.39 Å². The van der Waals surface area contributed by atoms with Gasteiger partial charge in [0.15, 0.2) is 4.34 Å². The molecule has 2 rings (SSSR count). The maximum atomic E-state index is 14.0. The van der Waals surface area contributed by atoms with Crippen molar-refractivity contribution >= 4 is 23.1 Å². The average molecular weight is 313 g/mol. The fraction of sp³-hybridized carbons (Fsp3) is 0.385. The van der Waals surface area contributed by atoms with Crippen molar-refractivity contribution in [3.05, 3.63) is 34.6 Å². The molecule has 0 aliphatic rings. The molecule has 0 atom stereocenters. The molecule has 0 aliphatic carbocycles. The predicted molar refractivity (Wildman–Crippen MR) is 78.8 cm³/mol. The fourth-order valence-corrected chi connectivity index (χ4v) is 3.50. The number of hydrogen-bond donors (Lipinski definition) is 1. The van der Waals surface area contributed by atoms with Crippen molar-refractivity contribution in [3.63, 3.8) is 0 Å². The lowest BCUT2D eigenvalue weighted by molar-refractivity contribution is 0.199. The van der Waals surface area contributed by atoms with Crippen LogP contribution in [0.5, 0.6) is 0 Å². The zero-order valence-electron chi connectivity index (χ0n) is 11.4. The van der Waals surface area contributed by atoms with Crippen molar-refractivity contribution in [2.45, 2.75) is 22.7 Å². The predicted octanol–water partition coefficient (Wildman–Crippen LogP) is 2.87. The lowest BCUT2D eigenvalue weighted by Gasteiger charge is -2.09. The fourth-order valence-electron chi connectivity index (χ4n) is 1.61. The zero-order valence-corrected chi connectivity index (χ0v) is 13.0. The molecule has 1 aromatic carbocycles. The summed E-state index contributed by atoms with van der Waals surface area (Å²) in [7, 11) is 1.66. The van der Waals surface area contributed by atoms with E-state index in [1.165, 1.54) is 29.2 Å². The number of nitrogens with one attached hydrogen (secondary N) is 1. The number of benzene rings is 1. The Kier molecular flexibility index (Phi) is 5.90. The number of halogens is 1. The average Bonchev–Trinajstić information content (AvgIpc) is 2.84. The van der Waals surface area contributed by atoms with Crippen LogP contribution in [0, 0.1) is 12.7 Å². The molecule has 1 N–H and O–H groups in total. The minimum Gasteiger partial charge on any atom is -0.383 e. The highest BCUT2D eigenvalue weighted by Gasteiger charge is 2.12. The Hall–Kier alpha value is -1.02. The molecule has 1 heterocycles. The Morgan fingerprint density at radius 1 is 1.40 bits per heavy atom. The first-order valence-corrected chi connectivity index (χ1v) is 7.79. The molecule has 0 unspecified atom stereocenters. The zero-order chi connectivity index (χ0) is 14.4. The van der Waals surface area contributed by atoms with Gasteiger partial charge in [0.05, 0.1) is 11.5 Å². The van der Waals surface area contributed by atoms with Crippen LogP contribution in [0.15, 0.2) is 27.4 Å². The van der Waals surface area contributed by atoms with Gasteiger partial charge in [0, 0.05) is 20.2 Å². The van der Waals surface area contributed by atoms with E-state index < -0.39 is 0 Å². The van der Waals surface area contributed by atoms with E-state index in [0.717, 1.165) is 21.5 Å². The van der Waals surface area contributed by atoms with Gasteiger partial charge in [-0.2, -0.15) is 0 Å². The Bertz CT molecular complexity index is 562. The summed E-state index contributed by atoms with van der Waals surface area (Å²) < 4.78 is 19.7. The smallest absolute Gasteiger partial charge is 0.179 e. The molecular weight excluding hydrogens is 297 g/mol. The first-order valence-electron chi connectivity index (χ1n) is 6.15. The van der Waals surface area contributed by atoms with E-state index in [0.29, 0.717) is 18.0 Å². The molecule has 0 amide bonds. The van der Waals surface area contributed by atoms with Crippen LogP contribution in [0.1, 0.15) is 10.6 Å². The van der Waals surface area contributed by atoms with Crippen LogP contribution in [0.4, 0.5) is 4.39 Å². The number of aryl methyl sites for hydroxylation is 1. The third-order valence-electron chi connectivity index (χ3n) is 2.54. The molecule has 7 heteroatoms. The van der Waals surface area contributed by atoms with Crippen molar-refractivity contribution in [2.75, 3.05) is 20.3 Å². The van der Waals surface area contributed by atoms with Crippen LogP contribution in [-0.2, 0) is 11.3 Å². The summed E-state index contributed by atoms with van der Waals surface area (Å²) in [6.07, 6.45) is 0. The number of nitrogens with zero attached hydrogens (tertiary/aromatic N) is 2. The molecule has 4 nitrogen and oxygen atoms in total. The number of rotatable bonds is 7. The van der Waals surface area contributed by atoms with Gasteiger partial charge in [0.1, 0.15) is 10.8 Å². The van der Waals surface area contributed by atoms with Crippen LogP contribution in [-0.4, -0.2) is 30.5 Å². The van der Waals surface area contributed by atoms with E-state index in [1.807, 2.05) is 13.0 Å². The molecule has 0 aliphatic heterocycles. The number of aromatic nitrogens is 2. The summed E-state index contributed by atoms with van der Waals surface area (Å²) in [6.45, 7) is 3.85. The van der Waals surface area contributed by atoms with Crippen molar-refractivity contribution < 1.29 is 9.13 Å². The van der Waals surface area contributed by atoms with Crippen LogP contribution in [0.2, 0.25) is 0 Å². The van der Waals surface area contributed by atoms with Crippen LogP contribution >= 0.6 is 23.1 Å². The minimum atomic E-state index is -0.228. The summed E-state index contributed by atoms with van der Waals surface area (Å²) >= 11 is 2.79. The molecule has 0 saturated heterocycles. The highest BCUT2D eigenvalue weighted by molar-refractivity contribution is 8.01. The Labute approximate surface area is 125 Å². The molecule has 0 bridgehead atoms. The van der Waals surface area contributed by atoms with Crippen LogP contribution in [0.25, 0.3) is 0 Å². The maximum absolute atomic E-state index is 14.0. The van der Waals surface area contributed by atoms with Gasteiger partial charge in [-0.3, -0.25) is 0 Å². The first-order chi connectivity index (χ1) is 9.70. The van der Waals surface area contributed by atoms with Crippen LogP contribution < -0.4 is 5.32 Å². The normalized spacial score (nSPS) is 10.9. The second kappa shape index (κ2) is 7.68. The van der Waals surface area contributed by atoms with Crippen molar-refractivity contribution in [3.8, 4) is 0 Å². The first kappa shape index (κ1) is 15.4. The van der Waals surface area contributed by atoms with Gasteiger partial charge in [0.2, 0.25) is 0 Å². The van der Waals surface area contributed by atoms with Gasteiger partial charge >= 0.3 is 0 Å². The molecular formula is C13H16FN3OS2. The van der Waals surface area contributed by atoms with Crippen molar-refractivity contribution in [2.24, 2.45) is 0 Å². The molecule has 0 spiro atoms. The van der Waals surface area contributed by atoms with Gasteiger partial charge in [-0.05, 0) is 18.6 Å².